The molecule has 0 spiro atoms. The predicted molar refractivity (Wildman–Crippen MR) is 48.5 cm³/mol. The van der Waals surface area contributed by atoms with Crippen molar-refractivity contribution in [2.75, 3.05) is 0 Å². The molecule has 0 amide bonds. The Morgan fingerprint density at radius 1 is 0.667 bits per heavy atom. The first-order chi connectivity index (χ1) is 5.93. The molecule has 0 heterocycles. The smallest absolute Gasteiger partial charge is 0.000535 e. The van der Waals surface area contributed by atoms with Crippen molar-refractivity contribution in [3.05, 3.63) is 35.5 Å². The molecule has 0 aromatic carbocycles. The number of hydrogen-bond donors (Lipinski definition) is 0. The lowest BCUT2D eigenvalue weighted by Gasteiger charge is -2.16. The van der Waals surface area contributed by atoms with Crippen molar-refractivity contribution in [3.63, 3.8) is 0 Å². The quantitative estimate of drug-likeness (QED) is 0.373. The van der Waals surface area contributed by atoms with Crippen LogP contribution in [-0.4, -0.2) is 0 Å². The fourth-order valence-electron chi connectivity index (χ4n) is 3.73. The van der Waals surface area contributed by atoms with Gasteiger partial charge in [0.2, 0.25) is 0 Å². The summed E-state index contributed by atoms with van der Waals surface area (Å²) in [6.07, 6.45) is 12.6. The molecule has 4 rings (SSSR count). The van der Waals surface area contributed by atoms with Crippen LogP contribution in [0.1, 0.15) is 12.8 Å². The molecule has 0 aromatic rings. The van der Waals surface area contributed by atoms with Crippen molar-refractivity contribution < 1.29 is 0 Å². The Hall–Kier alpha value is -0.780. The van der Waals surface area contributed by atoms with E-state index in [-0.39, 0.29) is 0 Å². The number of fused-ring (bicyclic) bond motifs is 8. The van der Waals surface area contributed by atoms with Gasteiger partial charge in [0.15, 0.2) is 0 Å². The first-order valence-electron chi connectivity index (χ1n) is 5.04. The summed E-state index contributed by atoms with van der Waals surface area (Å²) in [7, 11) is 0. The fourth-order valence-corrected chi connectivity index (χ4v) is 3.73. The topological polar surface area (TPSA) is 0 Å². The van der Waals surface area contributed by atoms with Crippen LogP contribution in [0.15, 0.2) is 35.5 Å². The Kier molecular flexibility index (Phi) is 0.778. The van der Waals surface area contributed by atoms with Gasteiger partial charge in [0.05, 0.1) is 0 Å². The van der Waals surface area contributed by atoms with Gasteiger partial charge in [-0.05, 0) is 36.5 Å². The van der Waals surface area contributed by atoms with Gasteiger partial charge in [-0.1, -0.05) is 35.5 Å². The predicted octanol–water partition coefficient (Wildman–Crippen LogP) is 2.69. The Balaban J connectivity index is 1.93. The highest BCUT2D eigenvalue weighted by Crippen LogP contribution is 2.58. The molecule has 0 saturated carbocycles. The van der Waals surface area contributed by atoms with Crippen LogP contribution in [-0.2, 0) is 0 Å². The summed E-state index contributed by atoms with van der Waals surface area (Å²) in [5.74, 6) is 3.41. The Morgan fingerprint density at radius 2 is 1.00 bits per heavy atom. The van der Waals surface area contributed by atoms with Crippen molar-refractivity contribution in [2.45, 2.75) is 12.8 Å². The van der Waals surface area contributed by atoms with E-state index in [2.05, 4.69) is 24.3 Å². The molecule has 4 unspecified atom stereocenters. The molecule has 0 saturated heterocycles. The van der Waals surface area contributed by atoms with Crippen molar-refractivity contribution in [1.82, 2.24) is 0 Å². The molecule has 12 heavy (non-hydrogen) atoms. The van der Waals surface area contributed by atoms with Crippen LogP contribution in [0.2, 0.25) is 0 Å². The van der Waals surface area contributed by atoms with Crippen molar-refractivity contribution >= 4 is 0 Å². The maximum Gasteiger partial charge on any atom is -0.000535 e. The molecule has 4 atom stereocenters. The molecule has 4 aliphatic carbocycles. The average Bonchev–Trinajstić information content (AvgIpc) is 2.83. The lowest BCUT2D eigenvalue weighted by atomic mass is 9.89. The third-order valence-corrected chi connectivity index (χ3v) is 4.10. The highest BCUT2D eigenvalue weighted by molar-refractivity contribution is 5.49. The van der Waals surface area contributed by atoms with Gasteiger partial charge in [-0.3, -0.25) is 0 Å². The van der Waals surface area contributed by atoms with E-state index in [4.69, 9.17) is 0 Å². The zero-order valence-corrected chi connectivity index (χ0v) is 7.03. The zero-order valence-electron chi connectivity index (χ0n) is 7.03. The van der Waals surface area contributed by atoms with Gasteiger partial charge in [0.1, 0.15) is 0 Å². The zero-order chi connectivity index (χ0) is 7.71. The molecule has 0 N–H and O–H groups in total. The van der Waals surface area contributed by atoms with E-state index in [1.54, 1.807) is 0 Å². The summed E-state index contributed by atoms with van der Waals surface area (Å²) < 4.78 is 0. The highest BCUT2D eigenvalue weighted by atomic mass is 14.5. The summed E-state index contributed by atoms with van der Waals surface area (Å²) >= 11 is 0. The van der Waals surface area contributed by atoms with Crippen LogP contribution in [0, 0.1) is 23.7 Å². The maximum absolute atomic E-state index is 2.44. The van der Waals surface area contributed by atoms with Crippen molar-refractivity contribution in [2.24, 2.45) is 23.7 Å². The second-order valence-corrected chi connectivity index (χ2v) is 4.58. The third kappa shape index (κ3) is 0.450. The van der Waals surface area contributed by atoms with Crippen LogP contribution in [0.4, 0.5) is 0 Å². The van der Waals surface area contributed by atoms with Gasteiger partial charge in [0.25, 0.3) is 0 Å². The van der Waals surface area contributed by atoms with Gasteiger partial charge in [-0.15, -0.1) is 0 Å². The monoisotopic (exact) mass is 156 g/mol. The Bertz CT molecular complexity index is 281. The molecular formula is C12H12. The number of hydrogen-bond acceptors (Lipinski definition) is 0. The van der Waals surface area contributed by atoms with Crippen molar-refractivity contribution in [3.8, 4) is 0 Å². The van der Waals surface area contributed by atoms with E-state index >= 15 is 0 Å². The summed E-state index contributed by atoms with van der Waals surface area (Å²) in [5, 5.41) is 0. The summed E-state index contributed by atoms with van der Waals surface area (Å²) in [5.41, 5.74) is 3.66. The molecule has 0 aliphatic heterocycles. The van der Waals surface area contributed by atoms with Crippen LogP contribution < -0.4 is 0 Å². The third-order valence-electron chi connectivity index (χ3n) is 4.10. The van der Waals surface area contributed by atoms with Gasteiger partial charge in [-0.2, -0.15) is 0 Å². The lowest BCUT2D eigenvalue weighted by Crippen LogP contribution is -2.03. The molecule has 0 nitrogen and oxygen atoms in total. The van der Waals surface area contributed by atoms with E-state index in [0.29, 0.717) is 0 Å². The largest absolute Gasteiger partial charge is 0.0807 e. The number of allylic oxidation sites excluding steroid dienone is 6. The first-order valence-corrected chi connectivity index (χ1v) is 5.04. The average molecular weight is 156 g/mol. The van der Waals surface area contributed by atoms with Crippen molar-refractivity contribution in [1.29, 1.82) is 0 Å². The molecule has 0 aromatic heterocycles. The molecule has 0 fully saturated rings. The summed E-state index contributed by atoms with van der Waals surface area (Å²) in [6.45, 7) is 0. The fraction of sp³-hybridized carbons (Fsp3) is 0.500. The minimum atomic E-state index is 0.852. The minimum absolute atomic E-state index is 0.852. The molecule has 4 bridgehead atoms. The van der Waals surface area contributed by atoms with E-state index in [1.165, 1.54) is 12.8 Å². The highest BCUT2D eigenvalue weighted by Gasteiger charge is 2.46. The maximum atomic E-state index is 2.44. The van der Waals surface area contributed by atoms with E-state index in [0.717, 1.165) is 23.7 Å². The van der Waals surface area contributed by atoms with E-state index in [1.807, 2.05) is 11.1 Å². The SMILES string of the molecule is C1=CC2CC1C1=C2C2C=CC1C2. The van der Waals surface area contributed by atoms with Gasteiger partial charge < -0.3 is 0 Å². The van der Waals surface area contributed by atoms with Gasteiger partial charge in [0, 0.05) is 0 Å². The molecule has 60 valence electrons. The lowest BCUT2D eigenvalue weighted by molar-refractivity contribution is 0.575. The standard InChI is InChI=1S/C12H12/c1-2-8-5-7(1)11-9-3-4-10(6-9)12(8)11/h1-4,7-10H,5-6H2. The second kappa shape index (κ2) is 1.61. The Morgan fingerprint density at radius 3 is 1.33 bits per heavy atom. The van der Waals surface area contributed by atoms with Gasteiger partial charge >= 0.3 is 0 Å². The van der Waals surface area contributed by atoms with Crippen LogP contribution in [0.3, 0.4) is 0 Å². The van der Waals surface area contributed by atoms with E-state index < -0.39 is 0 Å². The van der Waals surface area contributed by atoms with E-state index in [9.17, 15) is 0 Å². The molecular weight excluding hydrogens is 144 g/mol. The summed E-state index contributed by atoms with van der Waals surface area (Å²) in [4.78, 5) is 0. The number of rotatable bonds is 0. The van der Waals surface area contributed by atoms with Crippen LogP contribution in [0.25, 0.3) is 0 Å². The second-order valence-electron chi connectivity index (χ2n) is 4.58. The minimum Gasteiger partial charge on any atom is -0.0807 e. The van der Waals surface area contributed by atoms with Crippen LogP contribution >= 0.6 is 0 Å². The molecule has 0 heteroatoms. The normalized spacial score (nSPS) is 51.3. The van der Waals surface area contributed by atoms with Gasteiger partial charge in [-0.25, -0.2) is 0 Å². The molecule has 0 radical (unpaired) electrons. The Labute approximate surface area is 72.7 Å². The summed E-state index contributed by atoms with van der Waals surface area (Å²) in [6, 6.07) is 0. The van der Waals surface area contributed by atoms with Crippen LogP contribution in [0.5, 0.6) is 0 Å². The molecule has 4 aliphatic rings. The first kappa shape index (κ1) is 5.80.